The fraction of sp³-hybridized carbons (Fsp3) is 0.750. The van der Waals surface area contributed by atoms with Gasteiger partial charge >= 0.3 is 5.97 Å². The molecule has 6 heteroatoms. The van der Waals surface area contributed by atoms with Crippen molar-refractivity contribution >= 4 is 11.9 Å². The van der Waals surface area contributed by atoms with Crippen molar-refractivity contribution in [3.8, 4) is 0 Å². The van der Waals surface area contributed by atoms with Crippen LogP contribution in [0.2, 0.25) is 0 Å². The fourth-order valence-electron chi connectivity index (χ4n) is 3.12. The van der Waals surface area contributed by atoms with Gasteiger partial charge in [0.2, 0.25) is 5.91 Å². The minimum atomic E-state index is -0.875. The summed E-state index contributed by atoms with van der Waals surface area (Å²) in [6, 6.07) is 0. The molecule has 1 aliphatic heterocycles. The summed E-state index contributed by atoms with van der Waals surface area (Å²) in [5, 5.41) is 12.3. The van der Waals surface area contributed by atoms with Crippen LogP contribution in [0, 0.1) is 11.8 Å². The predicted octanol–water partition coefficient (Wildman–Crippen LogP) is 0.882. The average Bonchev–Trinajstić information content (AvgIpc) is 2.50. The van der Waals surface area contributed by atoms with E-state index < -0.39 is 17.8 Å². The summed E-state index contributed by atoms with van der Waals surface area (Å²) >= 11 is 0. The number of carbonyl (C=O) groups is 2. The normalized spacial score (nSPS) is 26.8. The van der Waals surface area contributed by atoms with E-state index in [1.807, 2.05) is 13.8 Å². The van der Waals surface area contributed by atoms with E-state index in [0.717, 1.165) is 44.0 Å². The molecule has 0 aromatic carbocycles. The van der Waals surface area contributed by atoms with E-state index in [1.54, 1.807) is 0 Å². The molecule has 0 spiro atoms. The highest BCUT2D eigenvalue weighted by molar-refractivity contribution is 5.85. The molecule has 1 heterocycles. The third-order valence-corrected chi connectivity index (χ3v) is 4.75. The summed E-state index contributed by atoms with van der Waals surface area (Å²) in [7, 11) is 0. The second kappa shape index (κ2) is 7.74. The molecule has 0 aromatic rings. The van der Waals surface area contributed by atoms with Crippen molar-refractivity contribution < 1.29 is 19.4 Å². The topological polar surface area (TPSA) is 78.9 Å². The van der Waals surface area contributed by atoms with E-state index >= 15 is 0 Å². The Morgan fingerprint density at radius 1 is 1.18 bits per heavy atom. The Labute approximate surface area is 131 Å². The van der Waals surface area contributed by atoms with Gasteiger partial charge in [-0.05, 0) is 26.7 Å². The lowest BCUT2D eigenvalue weighted by molar-refractivity contribution is -0.147. The number of amides is 1. The van der Waals surface area contributed by atoms with Crippen molar-refractivity contribution in [2.24, 2.45) is 11.8 Å². The number of ether oxygens (including phenoxy) is 1. The third kappa shape index (κ3) is 4.30. The highest BCUT2D eigenvalue weighted by Gasteiger charge is 2.37. The number of hydrogen-bond donors (Lipinski definition) is 2. The fourth-order valence-corrected chi connectivity index (χ4v) is 3.12. The number of morpholine rings is 1. The van der Waals surface area contributed by atoms with Gasteiger partial charge in [-0.3, -0.25) is 14.5 Å². The number of allylic oxidation sites excluding steroid dienone is 2. The van der Waals surface area contributed by atoms with Crippen molar-refractivity contribution in [1.29, 1.82) is 0 Å². The van der Waals surface area contributed by atoms with Crippen LogP contribution in [0.3, 0.4) is 0 Å². The molecule has 6 nitrogen and oxygen atoms in total. The minimum absolute atomic E-state index is 0.132. The van der Waals surface area contributed by atoms with Gasteiger partial charge in [-0.15, -0.1) is 0 Å². The molecule has 2 rings (SSSR count). The van der Waals surface area contributed by atoms with Crippen LogP contribution < -0.4 is 5.32 Å². The van der Waals surface area contributed by atoms with Crippen LogP contribution in [0.25, 0.3) is 0 Å². The SMILES string of the molecule is CC1=C(C)C[C@H](C(=O)NCCN2CCOCC2)[C@@H](C(=O)O)C1. The number of carbonyl (C=O) groups excluding carboxylic acids is 1. The number of carboxylic acid groups (broad SMARTS) is 1. The Bertz CT molecular complexity index is 455. The minimum Gasteiger partial charge on any atom is -0.481 e. The number of carboxylic acids is 1. The quantitative estimate of drug-likeness (QED) is 0.737. The van der Waals surface area contributed by atoms with Gasteiger partial charge in [0.1, 0.15) is 0 Å². The monoisotopic (exact) mass is 310 g/mol. The molecule has 2 N–H and O–H groups in total. The Hall–Kier alpha value is -1.40. The predicted molar refractivity (Wildman–Crippen MR) is 82.5 cm³/mol. The highest BCUT2D eigenvalue weighted by Crippen LogP contribution is 2.34. The summed E-state index contributed by atoms with van der Waals surface area (Å²) in [6.45, 7) is 8.54. The smallest absolute Gasteiger partial charge is 0.307 e. The van der Waals surface area contributed by atoms with Gasteiger partial charge < -0.3 is 15.2 Å². The first-order valence-electron chi connectivity index (χ1n) is 7.95. The zero-order valence-electron chi connectivity index (χ0n) is 13.4. The molecule has 1 amide bonds. The summed E-state index contributed by atoms with van der Waals surface area (Å²) in [6.07, 6.45) is 1.02. The molecule has 1 aliphatic carbocycles. The summed E-state index contributed by atoms with van der Waals surface area (Å²) in [4.78, 5) is 26.0. The van der Waals surface area contributed by atoms with Crippen molar-refractivity contribution in [1.82, 2.24) is 10.2 Å². The van der Waals surface area contributed by atoms with E-state index in [0.29, 0.717) is 19.4 Å². The lowest BCUT2D eigenvalue weighted by Crippen LogP contribution is -2.44. The molecule has 0 aromatic heterocycles. The summed E-state index contributed by atoms with van der Waals surface area (Å²) in [5.41, 5.74) is 2.25. The Morgan fingerprint density at radius 2 is 1.77 bits per heavy atom. The van der Waals surface area contributed by atoms with E-state index in [4.69, 9.17) is 4.74 Å². The van der Waals surface area contributed by atoms with E-state index in [9.17, 15) is 14.7 Å². The molecule has 0 bridgehead atoms. The molecule has 22 heavy (non-hydrogen) atoms. The van der Waals surface area contributed by atoms with Crippen LogP contribution in [0.5, 0.6) is 0 Å². The Balaban J connectivity index is 1.85. The zero-order chi connectivity index (χ0) is 16.1. The summed E-state index contributed by atoms with van der Waals surface area (Å²) < 4.78 is 5.29. The molecular weight excluding hydrogens is 284 g/mol. The van der Waals surface area contributed by atoms with Gasteiger partial charge in [0, 0.05) is 26.2 Å². The first-order valence-corrected chi connectivity index (χ1v) is 7.95. The molecule has 0 saturated carbocycles. The third-order valence-electron chi connectivity index (χ3n) is 4.75. The van der Waals surface area contributed by atoms with Crippen molar-refractivity contribution in [3.63, 3.8) is 0 Å². The van der Waals surface area contributed by atoms with Crippen molar-refractivity contribution in [2.45, 2.75) is 26.7 Å². The van der Waals surface area contributed by atoms with Crippen molar-refractivity contribution in [3.05, 3.63) is 11.1 Å². The van der Waals surface area contributed by atoms with Gasteiger partial charge in [-0.1, -0.05) is 11.1 Å². The zero-order valence-corrected chi connectivity index (χ0v) is 13.4. The lowest BCUT2D eigenvalue weighted by atomic mass is 9.76. The Morgan fingerprint density at radius 3 is 2.36 bits per heavy atom. The van der Waals surface area contributed by atoms with Crippen LogP contribution in [-0.4, -0.2) is 61.3 Å². The molecule has 1 saturated heterocycles. The number of hydrogen-bond acceptors (Lipinski definition) is 4. The highest BCUT2D eigenvalue weighted by atomic mass is 16.5. The van der Waals surface area contributed by atoms with Gasteiger partial charge in [-0.2, -0.15) is 0 Å². The lowest BCUT2D eigenvalue weighted by Gasteiger charge is -2.30. The number of rotatable bonds is 5. The Kier molecular flexibility index (Phi) is 5.97. The van der Waals surface area contributed by atoms with E-state index in [1.165, 1.54) is 0 Å². The van der Waals surface area contributed by atoms with Gasteiger partial charge in [0.15, 0.2) is 0 Å². The molecule has 124 valence electrons. The first-order chi connectivity index (χ1) is 10.5. The molecule has 0 unspecified atom stereocenters. The van der Waals surface area contributed by atoms with Crippen LogP contribution >= 0.6 is 0 Å². The first kappa shape index (κ1) is 17.0. The van der Waals surface area contributed by atoms with Crippen LogP contribution in [0.4, 0.5) is 0 Å². The van der Waals surface area contributed by atoms with Crippen LogP contribution in [0.1, 0.15) is 26.7 Å². The molecular formula is C16H26N2O4. The van der Waals surface area contributed by atoms with Gasteiger partial charge in [0.05, 0.1) is 25.0 Å². The standard InChI is InChI=1S/C16H26N2O4/c1-11-9-13(14(16(20)21)10-12(11)2)15(19)17-3-4-18-5-7-22-8-6-18/h13-14H,3-10H2,1-2H3,(H,17,19)(H,20,21)/t13-,14-/m0/s1. The van der Waals surface area contributed by atoms with E-state index in [2.05, 4.69) is 10.2 Å². The van der Waals surface area contributed by atoms with Gasteiger partial charge in [-0.25, -0.2) is 0 Å². The average molecular weight is 310 g/mol. The van der Waals surface area contributed by atoms with Crippen LogP contribution in [-0.2, 0) is 14.3 Å². The molecule has 1 fully saturated rings. The van der Waals surface area contributed by atoms with E-state index in [-0.39, 0.29) is 5.91 Å². The second-order valence-electron chi connectivity index (χ2n) is 6.27. The maximum Gasteiger partial charge on any atom is 0.307 e. The van der Waals surface area contributed by atoms with Gasteiger partial charge in [0.25, 0.3) is 0 Å². The van der Waals surface area contributed by atoms with Crippen molar-refractivity contribution in [2.75, 3.05) is 39.4 Å². The second-order valence-corrected chi connectivity index (χ2v) is 6.27. The molecule has 2 atom stereocenters. The van der Waals surface area contributed by atoms with Crippen LogP contribution in [0.15, 0.2) is 11.1 Å². The maximum atomic E-state index is 12.4. The summed E-state index contributed by atoms with van der Waals surface area (Å²) in [5.74, 6) is -2.06. The molecule has 0 radical (unpaired) electrons. The maximum absolute atomic E-state index is 12.4. The number of aliphatic carboxylic acids is 1. The largest absolute Gasteiger partial charge is 0.481 e. The number of nitrogens with one attached hydrogen (secondary N) is 1. The number of nitrogens with zero attached hydrogens (tertiary/aromatic N) is 1. The molecule has 2 aliphatic rings.